The van der Waals surface area contributed by atoms with Crippen LogP contribution < -0.4 is 5.32 Å². The molecule has 0 radical (unpaired) electrons. The molecule has 0 aliphatic carbocycles. The Balaban J connectivity index is 1.48. The quantitative estimate of drug-likeness (QED) is 0.640. The lowest BCUT2D eigenvalue weighted by Gasteiger charge is -2.15. The molecule has 0 saturated carbocycles. The maximum Gasteiger partial charge on any atom is 0.157 e. The molecule has 0 spiro atoms. The molecule has 1 aliphatic heterocycles. The summed E-state index contributed by atoms with van der Waals surface area (Å²) in [5, 5.41) is 31.9. The van der Waals surface area contributed by atoms with Crippen molar-refractivity contribution in [1.29, 1.82) is 0 Å². The van der Waals surface area contributed by atoms with E-state index in [0.29, 0.717) is 17.8 Å². The van der Waals surface area contributed by atoms with Crippen LogP contribution in [0.15, 0.2) is 42.5 Å². The lowest BCUT2D eigenvalue weighted by atomic mass is 10.0. The summed E-state index contributed by atoms with van der Waals surface area (Å²) in [5.41, 5.74) is 2.29. The van der Waals surface area contributed by atoms with E-state index in [1.54, 1.807) is 24.3 Å². The predicted molar refractivity (Wildman–Crippen MR) is 89.8 cm³/mol. The molecule has 1 saturated heterocycles. The number of nitrogens with one attached hydrogen (secondary N) is 1. The van der Waals surface area contributed by atoms with Crippen LogP contribution in [0.25, 0.3) is 0 Å². The van der Waals surface area contributed by atoms with Gasteiger partial charge < -0.3 is 20.6 Å². The molecule has 4 N–H and O–H groups in total. The van der Waals surface area contributed by atoms with Crippen molar-refractivity contribution in [2.24, 2.45) is 0 Å². The summed E-state index contributed by atoms with van der Waals surface area (Å²) in [4.78, 5) is 0. The summed E-state index contributed by atoms with van der Waals surface area (Å²) in [5.74, 6) is 0.189. The molecular weight excluding hydrogens is 290 g/mol. The van der Waals surface area contributed by atoms with Crippen LogP contribution >= 0.6 is 0 Å². The molecule has 0 aromatic heterocycles. The highest BCUT2D eigenvalue weighted by Crippen LogP contribution is 2.27. The Bertz CT molecular complexity index is 654. The molecule has 4 nitrogen and oxygen atoms in total. The van der Waals surface area contributed by atoms with Gasteiger partial charge in [0.2, 0.25) is 0 Å². The number of aromatic hydroxyl groups is 3. The maximum absolute atomic E-state index is 9.57. The van der Waals surface area contributed by atoms with Crippen molar-refractivity contribution in [3.63, 3.8) is 0 Å². The number of phenols is 3. The van der Waals surface area contributed by atoms with Gasteiger partial charge in [0.05, 0.1) is 0 Å². The van der Waals surface area contributed by atoms with Crippen molar-refractivity contribution in [3.8, 4) is 17.2 Å². The number of benzene rings is 2. The fourth-order valence-electron chi connectivity index (χ4n) is 3.28. The van der Waals surface area contributed by atoms with E-state index in [4.69, 9.17) is 0 Å². The standard InChI is InChI=1S/C19H23NO3/c21-17-8-2-13(3-9-17)1-5-15-6-7-16(20-15)11-14-4-10-18(22)19(23)12-14/h2-4,8-10,12,15-16,20-23H,1,5-7,11H2. The fourth-order valence-corrected chi connectivity index (χ4v) is 3.28. The lowest BCUT2D eigenvalue weighted by Crippen LogP contribution is -2.31. The van der Waals surface area contributed by atoms with Crippen LogP contribution in [-0.4, -0.2) is 27.4 Å². The van der Waals surface area contributed by atoms with Gasteiger partial charge in [-0.25, -0.2) is 0 Å². The first kappa shape index (κ1) is 15.7. The van der Waals surface area contributed by atoms with Crippen LogP contribution in [0, 0.1) is 0 Å². The third-order valence-corrected chi connectivity index (χ3v) is 4.57. The highest BCUT2D eigenvalue weighted by atomic mass is 16.3. The average Bonchev–Trinajstić information content (AvgIpc) is 2.98. The molecule has 2 unspecified atom stereocenters. The van der Waals surface area contributed by atoms with Crippen LogP contribution in [0.4, 0.5) is 0 Å². The van der Waals surface area contributed by atoms with E-state index >= 15 is 0 Å². The van der Waals surface area contributed by atoms with Crippen LogP contribution in [0.2, 0.25) is 0 Å². The van der Waals surface area contributed by atoms with Gasteiger partial charge in [0.15, 0.2) is 11.5 Å². The van der Waals surface area contributed by atoms with E-state index in [1.807, 2.05) is 18.2 Å². The van der Waals surface area contributed by atoms with E-state index < -0.39 is 0 Å². The first-order valence-corrected chi connectivity index (χ1v) is 8.15. The summed E-state index contributed by atoms with van der Waals surface area (Å²) in [7, 11) is 0. The largest absolute Gasteiger partial charge is 0.508 e. The van der Waals surface area contributed by atoms with Crippen LogP contribution in [0.5, 0.6) is 17.2 Å². The molecule has 2 aromatic rings. The minimum Gasteiger partial charge on any atom is -0.508 e. The zero-order valence-electron chi connectivity index (χ0n) is 13.1. The van der Waals surface area contributed by atoms with Crippen LogP contribution in [0.3, 0.4) is 0 Å². The zero-order chi connectivity index (χ0) is 16.2. The fraction of sp³-hybridized carbons (Fsp3) is 0.368. The molecule has 1 fully saturated rings. The summed E-state index contributed by atoms with van der Waals surface area (Å²) < 4.78 is 0. The smallest absolute Gasteiger partial charge is 0.157 e. The Kier molecular flexibility index (Phi) is 4.72. The van der Waals surface area contributed by atoms with Gasteiger partial charge in [-0.15, -0.1) is 0 Å². The Morgan fingerprint density at radius 3 is 2.26 bits per heavy atom. The number of hydrogen-bond donors (Lipinski definition) is 4. The van der Waals surface area contributed by atoms with E-state index in [1.165, 1.54) is 5.56 Å². The number of hydrogen-bond acceptors (Lipinski definition) is 4. The Morgan fingerprint density at radius 2 is 1.52 bits per heavy atom. The molecule has 0 amide bonds. The van der Waals surface area contributed by atoms with E-state index in [2.05, 4.69) is 5.32 Å². The minimum absolute atomic E-state index is 0.0515. The molecule has 23 heavy (non-hydrogen) atoms. The molecule has 4 heteroatoms. The molecule has 3 rings (SSSR count). The third-order valence-electron chi connectivity index (χ3n) is 4.57. The summed E-state index contributed by atoms with van der Waals surface area (Å²) >= 11 is 0. The topological polar surface area (TPSA) is 72.7 Å². The molecule has 0 bridgehead atoms. The Morgan fingerprint density at radius 1 is 0.826 bits per heavy atom. The average molecular weight is 313 g/mol. The van der Waals surface area contributed by atoms with Gasteiger partial charge in [-0.2, -0.15) is 0 Å². The summed E-state index contributed by atoms with van der Waals surface area (Å²) in [6.45, 7) is 0. The summed E-state index contributed by atoms with van der Waals surface area (Å²) in [6.07, 6.45) is 5.24. The van der Waals surface area contributed by atoms with E-state index in [9.17, 15) is 15.3 Å². The van der Waals surface area contributed by atoms with Crippen LogP contribution in [-0.2, 0) is 12.8 Å². The Labute approximate surface area is 136 Å². The van der Waals surface area contributed by atoms with Gasteiger partial charge >= 0.3 is 0 Å². The number of rotatable bonds is 5. The highest BCUT2D eigenvalue weighted by molar-refractivity contribution is 5.40. The second kappa shape index (κ2) is 6.92. The van der Waals surface area contributed by atoms with Crippen molar-refractivity contribution in [1.82, 2.24) is 5.32 Å². The Hall–Kier alpha value is -2.20. The minimum atomic E-state index is -0.0695. The third kappa shape index (κ3) is 4.17. The van der Waals surface area contributed by atoms with Crippen molar-refractivity contribution >= 4 is 0 Å². The van der Waals surface area contributed by atoms with Crippen molar-refractivity contribution in [2.45, 2.75) is 44.2 Å². The maximum atomic E-state index is 9.57. The normalized spacial score (nSPS) is 20.7. The van der Waals surface area contributed by atoms with Gasteiger partial charge in [0.25, 0.3) is 0 Å². The van der Waals surface area contributed by atoms with Crippen molar-refractivity contribution in [2.75, 3.05) is 0 Å². The number of phenolic OH excluding ortho intramolecular Hbond substituents is 3. The van der Waals surface area contributed by atoms with Gasteiger partial charge in [0.1, 0.15) is 5.75 Å². The SMILES string of the molecule is Oc1ccc(CCC2CCC(Cc3ccc(O)c(O)c3)N2)cc1. The van der Waals surface area contributed by atoms with Gasteiger partial charge in [-0.3, -0.25) is 0 Å². The van der Waals surface area contributed by atoms with Crippen LogP contribution in [0.1, 0.15) is 30.4 Å². The van der Waals surface area contributed by atoms with Crippen molar-refractivity contribution in [3.05, 3.63) is 53.6 Å². The molecule has 122 valence electrons. The second-order valence-corrected chi connectivity index (χ2v) is 6.37. The predicted octanol–water partition coefficient (Wildman–Crippen LogP) is 3.10. The second-order valence-electron chi connectivity index (χ2n) is 6.37. The monoisotopic (exact) mass is 313 g/mol. The number of aryl methyl sites for hydroxylation is 1. The van der Waals surface area contributed by atoms with Crippen molar-refractivity contribution < 1.29 is 15.3 Å². The van der Waals surface area contributed by atoms with Gasteiger partial charge in [-0.05, 0) is 67.5 Å². The van der Waals surface area contributed by atoms with E-state index in [0.717, 1.165) is 37.7 Å². The van der Waals surface area contributed by atoms with Gasteiger partial charge in [0, 0.05) is 12.1 Å². The first-order valence-electron chi connectivity index (χ1n) is 8.15. The molecule has 2 aromatic carbocycles. The molecule has 2 atom stereocenters. The zero-order valence-corrected chi connectivity index (χ0v) is 13.1. The first-order chi connectivity index (χ1) is 11.1. The van der Waals surface area contributed by atoms with Gasteiger partial charge in [-0.1, -0.05) is 18.2 Å². The molecule has 1 aliphatic rings. The highest BCUT2D eigenvalue weighted by Gasteiger charge is 2.23. The molecule has 1 heterocycles. The summed E-state index contributed by atoms with van der Waals surface area (Å²) in [6, 6.07) is 13.4. The van der Waals surface area contributed by atoms with E-state index in [-0.39, 0.29) is 11.5 Å². The lowest BCUT2D eigenvalue weighted by molar-refractivity contribution is 0.402. The molecular formula is C19H23NO3.